The summed E-state index contributed by atoms with van der Waals surface area (Å²) in [4.78, 5) is 4.16. The minimum Gasteiger partial charge on any atom is -0.417 e. The van der Waals surface area contributed by atoms with Gasteiger partial charge in [-0.2, -0.15) is 8.78 Å². The largest absolute Gasteiger partial charge is 0.417 e. The fraction of sp³-hybridized carbons (Fsp3) is 0.250. The first-order valence-electron chi connectivity index (χ1n) is 9.02. The molecule has 1 saturated carbocycles. The van der Waals surface area contributed by atoms with E-state index < -0.39 is 18.0 Å². The minimum absolute atomic E-state index is 0.0218. The van der Waals surface area contributed by atoms with E-state index in [-0.39, 0.29) is 23.1 Å². The highest BCUT2D eigenvalue weighted by Crippen LogP contribution is 2.40. The van der Waals surface area contributed by atoms with E-state index in [0.29, 0.717) is 23.0 Å². The van der Waals surface area contributed by atoms with Crippen LogP contribution < -0.4 is 15.8 Å². The number of rotatable bonds is 7. The van der Waals surface area contributed by atoms with Gasteiger partial charge < -0.3 is 15.8 Å². The average molecular weight is 482 g/mol. The second kappa shape index (κ2) is 9.29. The summed E-state index contributed by atoms with van der Waals surface area (Å²) in [7, 11) is 0. The number of allylic oxidation sites excluding steroid dienone is 1. The molecule has 2 aromatic rings. The molecule has 3 N–H and O–H groups in total. The molecule has 158 valence electrons. The first kappa shape index (κ1) is 21.8. The molecular formula is C20H19BrF3N5O. The average Bonchev–Trinajstić information content (AvgIpc) is 2.67. The summed E-state index contributed by atoms with van der Waals surface area (Å²) < 4.78 is 44.1. The molecule has 6 nitrogen and oxygen atoms in total. The number of alkyl halides is 2. The zero-order valence-corrected chi connectivity index (χ0v) is 17.4. The van der Waals surface area contributed by atoms with Crippen LogP contribution in [0.25, 0.3) is 0 Å². The van der Waals surface area contributed by atoms with Crippen molar-refractivity contribution in [1.29, 1.82) is 0 Å². The maximum Gasteiger partial charge on any atom is 0.388 e. The Balaban J connectivity index is 1.83. The van der Waals surface area contributed by atoms with Crippen molar-refractivity contribution < 1.29 is 17.9 Å². The second-order valence-electron chi connectivity index (χ2n) is 6.60. The van der Waals surface area contributed by atoms with Gasteiger partial charge in [0.25, 0.3) is 0 Å². The molecule has 3 rings (SSSR count). The molecule has 0 atom stereocenters. The highest BCUT2D eigenvalue weighted by molar-refractivity contribution is 9.10. The monoisotopic (exact) mass is 481 g/mol. The smallest absolute Gasteiger partial charge is 0.388 e. The Morgan fingerprint density at radius 3 is 2.70 bits per heavy atom. The Kier molecular flexibility index (Phi) is 6.76. The van der Waals surface area contributed by atoms with Crippen molar-refractivity contribution in [1.82, 2.24) is 10.3 Å². The number of halogens is 4. The van der Waals surface area contributed by atoms with Crippen LogP contribution >= 0.6 is 15.9 Å². The second-order valence-corrected chi connectivity index (χ2v) is 7.51. The van der Waals surface area contributed by atoms with Gasteiger partial charge in [-0.05, 0) is 49.6 Å². The molecule has 1 aliphatic rings. The number of nitrogens with one attached hydrogen (secondary N) is 1. The molecule has 1 heterocycles. The van der Waals surface area contributed by atoms with Gasteiger partial charge in [0.1, 0.15) is 5.82 Å². The van der Waals surface area contributed by atoms with Crippen LogP contribution in [-0.4, -0.2) is 23.3 Å². The SMILES string of the molecule is C=C/C(=N\N=C(/N)NC1(c2cccc(OC(F)F)n2)CCC1)c1cc(Br)ccc1F. The summed E-state index contributed by atoms with van der Waals surface area (Å²) in [5.41, 5.74) is 6.25. The molecule has 0 amide bonds. The Labute approximate surface area is 179 Å². The zero-order valence-electron chi connectivity index (χ0n) is 15.8. The summed E-state index contributed by atoms with van der Waals surface area (Å²) in [6, 6.07) is 9.06. The molecule has 0 unspecified atom stereocenters. The van der Waals surface area contributed by atoms with Crippen LogP contribution in [0.5, 0.6) is 5.88 Å². The molecule has 0 spiro atoms. The third-order valence-electron chi connectivity index (χ3n) is 4.66. The summed E-state index contributed by atoms with van der Waals surface area (Å²) in [5, 5.41) is 11.0. The Morgan fingerprint density at radius 1 is 1.30 bits per heavy atom. The van der Waals surface area contributed by atoms with Gasteiger partial charge in [0.15, 0.2) is 0 Å². The maximum atomic E-state index is 14.1. The van der Waals surface area contributed by atoms with Gasteiger partial charge >= 0.3 is 6.61 Å². The summed E-state index contributed by atoms with van der Waals surface area (Å²) in [5.74, 6) is -0.677. The lowest BCUT2D eigenvalue weighted by Gasteiger charge is -2.42. The highest BCUT2D eigenvalue weighted by atomic mass is 79.9. The van der Waals surface area contributed by atoms with Crippen LogP contribution in [-0.2, 0) is 5.54 Å². The molecule has 0 saturated heterocycles. The summed E-state index contributed by atoms with van der Waals surface area (Å²) in [6.07, 6.45) is 3.61. The van der Waals surface area contributed by atoms with Gasteiger partial charge in [-0.1, -0.05) is 28.6 Å². The minimum atomic E-state index is -2.96. The van der Waals surface area contributed by atoms with E-state index in [4.69, 9.17) is 5.73 Å². The van der Waals surface area contributed by atoms with Crippen LogP contribution in [0.2, 0.25) is 0 Å². The Morgan fingerprint density at radius 2 is 2.07 bits per heavy atom. The third kappa shape index (κ3) is 4.99. The number of benzene rings is 1. The number of hydrogen-bond acceptors (Lipinski definition) is 4. The first-order chi connectivity index (χ1) is 14.3. The van der Waals surface area contributed by atoms with Gasteiger partial charge in [-0.15, -0.1) is 10.2 Å². The van der Waals surface area contributed by atoms with E-state index >= 15 is 0 Å². The van der Waals surface area contributed by atoms with Gasteiger partial charge in [-0.3, -0.25) is 0 Å². The van der Waals surface area contributed by atoms with E-state index in [0.717, 1.165) is 6.42 Å². The molecular weight excluding hydrogens is 463 g/mol. The predicted octanol–water partition coefficient (Wildman–Crippen LogP) is 4.46. The van der Waals surface area contributed by atoms with E-state index in [1.807, 2.05) is 0 Å². The highest BCUT2D eigenvalue weighted by Gasteiger charge is 2.41. The molecule has 0 radical (unpaired) electrons. The quantitative estimate of drug-likeness (QED) is 0.347. The zero-order chi connectivity index (χ0) is 21.7. The lowest BCUT2D eigenvalue weighted by molar-refractivity contribution is -0.0532. The van der Waals surface area contributed by atoms with Gasteiger partial charge in [0, 0.05) is 16.1 Å². The van der Waals surface area contributed by atoms with Crippen molar-refractivity contribution in [3.63, 3.8) is 0 Å². The lowest BCUT2D eigenvalue weighted by Crippen LogP contribution is -2.53. The standard InChI is InChI=1S/C20H19BrF3N5O/c1-2-15(13-11-12(21)7-8-14(13)22)28-29-19(25)27-20(9-4-10-20)16-5-3-6-17(26-16)30-18(23)24/h2-3,5-8,11,18H,1,4,9-10H2,(H3,25,27,29)/b28-15+. The lowest BCUT2D eigenvalue weighted by atomic mass is 9.74. The van der Waals surface area contributed by atoms with Crippen molar-refractivity contribution in [3.8, 4) is 5.88 Å². The molecule has 1 aliphatic carbocycles. The van der Waals surface area contributed by atoms with Crippen molar-refractivity contribution >= 4 is 27.6 Å². The number of aromatic nitrogens is 1. The summed E-state index contributed by atoms with van der Waals surface area (Å²) in [6.45, 7) is 0.677. The number of nitrogens with zero attached hydrogens (tertiary/aromatic N) is 3. The summed E-state index contributed by atoms with van der Waals surface area (Å²) >= 11 is 3.28. The van der Waals surface area contributed by atoms with Crippen molar-refractivity contribution in [2.75, 3.05) is 0 Å². The van der Waals surface area contributed by atoms with Crippen LogP contribution in [0.15, 0.2) is 63.7 Å². The molecule has 1 aromatic heterocycles. The number of guanidine groups is 1. The number of nitrogens with two attached hydrogens (primary N) is 1. The number of hydrogen-bond donors (Lipinski definition) is 2. The molecule has 0 aliphatic heterocycles. The molecule has 0 bridgehead atoms. The first-order valence-corrected chi connectivity index (χ1v) is 9.82. The Bertz CT molecular complexity index is 992. The number of pyridine rings is 1. The number of ether oxygens (including phenoxy) is 1. The van der Waals surface area contributed by atoms with Crippen molar-refractivity contribution in [2.45, 2.75) is 31.4 Å². The van der Waals surface area contributed by atoms with Crippen molar-refractivity contribution in [3.05, 3.63) is 70.6 Å². The van der Waals surface area contributed by atoms with Crippen LogP contribution in [0, 0.1) is 5.82 Å². The molecule has 1 aromatic carbocycles. The van der Waals surface area contributed by atoms with E-state index in [1.54, 1.807) is 24.3 Å². The molecule has 1 fully saturated rings. The van der Waals surface area contributed by atoms with Gasteiger partial charge in [0.05, 0.1) is 16.9 Å². The predicted molar refractivity (Wildman–Crippen MR) is 112 cm³/mol. The van der Waals surface area contributed by atoms with Crippen LogP contribution in [0.4, 0.5) is 13.2 Å². The van der Waals surface area contributed by atoms with Crippen LogP contribution in [0.3, 0.4) is 0 Å². The topological polar surface area (TPSA) is 84.9 Å². The molecule has 10 heteroatoms. The third-order valence-corrected chi connectivity index (χ3v) is 5.15. The van der Waals surface area contributed by atoms with E-state index in [9.17, 15) is 13.2 Å². The molecule has 30 heavy (non-hydrogen) atoms. The van der Waals surface area contributed by atoms with Crippen LogP contribution in [0.1, 0.15) is 30.5 Å². The van der Waals surface area contributed by atoms with Gasteiger partial charge in [-0.25, -0.2) is 9.37 Å². The van der Waals surface area contributed by atoms with Gasteiger partial charge in [0.2, 0.25) is 11.8 Å². The van der Waals surface area contributed by atoms with E-state index in [2.05, 4.69) is 47.7 Å². The normalized spacial score (nSPS) is 16.2. The van der Waals surface area contributed by atoms with Crippen molar-refractivity contribution in [2.24, 2.45) is 15.9 Å². The van der Waals surface area contributed by atoms with E-state index in [1.165, 1.54) is 18.2 Å². The fourth-order valence-corrected chi connectivity index (χ4v) is 3.45. The Hall–Kier alpha value is -2.88. The maximum absolute atomic E-state index is 14.1. The fourth-order valence-electron chi connectivity index (χ4n) is 3.09.